The Morgan fingerprint density at radius 2 is 1.68 bits per heavy atom. The molecule has 6 nitrogen and oxygen atoms in total. The zero-order valence-corrected chi connectivity index (χ0v) is 18.4. The lowest BCUT2D eigenvalue weighted by atomic mass is 10.1. The molecule has 0 radical (unpaired) electrons. The SMILES string of the molecule is CCCN(CCC)C(=O)c1oc2ccccc2c1NC(=O)CCc1ccc(OC)cc1. The molecule has 3 aromatic rings. The molecule has 0 fully saturated rings. The van der Waals surface area contributed by atoms with Gasteiger partial charge in [-0.05, 0) is 49.1 Å². The van der Waals surface area contributed by atoms with E-state index in [1.165, 1.54) is 0 Å². The summed E-state index contributed by atoms with van der Waals surface area (Å²) in [4.78, 5) is 27.7. The van der Waals surface area contributed by atoms with Crippen LogP contribution in [0, 0.1) is 0 Å². The van der Waals surface area contributed by atoms with Gasteiger partial charge >= 0.3 is 0 Å². The minimum absolute atomic E-state index is 0.158. The Kier molecular flexibility index (Phi) is 7.70. The Balaban J connectivity index is 1.80. The van der Waals surface area contributed by atoms with Gasteiger partial charge in [0.05, 0.1) is 7.11 Å². The normalized spacial score (nSPS) is 10.8. The zero-order valence-electron chi connectivity index (χ0n) is 18.4. The van der Waals surface area contributed by atoms with Crippen molar-refractivity contribution in [2.45, 2.75) is 39.5 Å². The fourth-order valence-corrected chi connectivity index (χ4v) is 3.57. The van der Waals surface area contributed by atoms with Gasteiger partial charge in [0.25, 0.3) is 5.91 Å². The van der Waals surface area contributed by atoms with Gasteiger partial charge in [-0.25, -0.2) is 0 Å². The summed E-state index contributed by atoms with van der Waals surface area (Å²) in [6, 6.07) is 15.0. The summed E-state index contributed by atoms with van der Waals surface area (Å²) in [7, 11) is 1.62. The zero-order chi connectivity index (χ0) is 22.2. The molecular weight excluding hydrogens is 392 g/mol. The van der Waals surface area contributed by atoms with Gasteiger partial charge in [-0.3, -0.25) is 9.59 Å². The summed E-state index contributed by atoms with van der Waals surface area (Å²) in [6.07, 6.45) is 2.60. The van der Waals surface area contributed by atoms with Gasteiger partial charge in [-0.1, -0.05) is 38.1 Å². The highest BCUT2D eigenvalue weighted by molar-refractivity contribution is 6.10. The minimum atomic E-state index is -0.189. The molecular formula is C25H30N2O4. The minimum Gasteiger partial charge on any atom is -0.497 e. The van der Waals surface area contributed by atoms with E-state index in [9.17, 15) is 9.59 Å². The van der Waals surface area contributed by atoms with Crippen LogP contribution < -0.4 is 10.1 Å². The van der Waals surface area contributed by atoms with E-state index in [0.29, 0.717) is 37.2 Å². The number of carbonyl (C=O) groups is 2. The van der Waals surface area contributed by atoms with Gasteiger partial charge < -0.3 is 19.4 Å². The Bertz CT molecular complexity index is 1020. The maximum absolute atomic E-state index is 13.2. The quantitative estimate of drug-likeness (QED) is 0.483. The molecule has 2 amide bonds. The average molecular weight is 423 g/mol. The fourth-order valence-electron chi connectivity index (χ4n) is 3.57. The number of carbonyl (C=O) groups excluding carboxylic acids is 2. The van der Waals surface area contributed by atoms with E-state index in [1.54, 1.807) is 12.0 Å². The standard InChI is InChI=1S/C25H30N2O4/c1-4-16-27(17-5-2)25(29)24-23(20-8-6-7-9-21(20)31-24)26-22(28)15-12-18-10-13-19(30-3)14-11-18/h6-11,13-14H,4-5,12,15-17H2,1-3H3,(H,26,28). The van der Waals surface area contributed by atoms with Crippen LogP contribution in [0.2, 0.25) is 0 Å². The van der Waals surface area contributed by atoms with Crippen molar-refractivity contribution in [2.75, 3.05) is 25.5 Å². The van der Waals surface area contributed by atoms with Crippen LogP contribution in [-0.4, -0.2) is 36.9 Å². The number of benzene rings is 2. The van der Waals surface area contributed by atoms with Crippen LogP contribution in [0.1, 0.15) is 49.2 Å². The Hall–Kier alpha value is -3.28. The van der Waals surface area contributed by atoms with Crippen LogP contribution in [0.3, 0.4) is 0 Å². The number of ether oxygens (including phenoxy) is 1. The van der Waals surface area contributed by atoms with E-state index in [2.05, 4.69) is 5.32 Å². The number of nitrogens with one attached hydrogen (secondary N) is 1. The van der Waals surface area contributed by atoms with Crippen molar-refractivity contribution >= 4 is 28.5 Å². The number of para-hydroxylation sites is 1. The highest BCUT2D eigenvalue weighted by atomic mass is 16.5. The van der Waals surface area contributed by atoms with E-state index in [4.69, 9.17) is 9.15 Å². The molecule has 31 heavy (non-hydrogen) atoms. The number of nitrogens with zero attached hydrogens (tertiary/aromatic N) is 1. The number of fused-ring (bicyclic) bond motifs is 1. The Morgan fingerprint density at radius 1 is 1.00 bits per heavy atom. The van der Waals surface area contributed by atoms with Crippen molar-refractivity contribution in [1.29, 1.82) is 0 Å². The number of anilines is 1. The highest BCUT2D eigenvalue weighted by Gasteiger charge is 2.25. The van der Waals surface area contributed by atoms with Crippen molar-refractivity contribution in [2.24, 2.45) is 0 Å². The average Bonchev–Trinajstić information content (AvgIpc) is 3.15. The Morgan fingerprint density at radius 3 is 2.32 bits per heavy atom. The van der Waals surface area contributed by atoms with Crippen molar-refractivity contribution < 1.29 is 18.7 Å². The molecule has 0 aliphatic rings. The first-order chi connectivity index (χ1) is 15.1. The van der Waals surface area contributed by atoms with E-state index in [1.807, 2.05) is 62.4 Å². The number of aryl methyl sites for hydroxylation is 1. The first-order valence-electron chi connectivity index (χ1n) is 10.8. The van der Waals surface area contributed by atoms with Crippen molar-refractivity contribution in [3.8, 4) is 5.75 Å². The molecule has 0 spiro atoms. The van der Waals surface area contributed by atoms with E-state index in [0.717, 1.165) is 29.5 Å². The van der Waals surface area contributed by atoms with Crippen LogP contribution in [0.15, 0.2) is 52.9 Å². The number of methoxy groups -OCH3 is 1. The smallest absolute Gasteiger partial charge is 0.291 e. The second kappa shape index (κ2) is 10.7. The molecule has 1 aromatic heterocycles. The number of amides is 2. The third-order valence-electron chi connectivity index (χ3n) is 5.13. The number of hydrogen-bond donors (Lipinski definition) is 1. The highest BCUT2D eigenvalue weighted by Crippen LogP contribution is 2.32. The molecule has 6 heteroatoms. The van der Waals surface area contributed by atoms with Gasteiger partial charge in [-0.15, -0.1) is 0 Å². The molecule has 0 bridgehead atoms. The summed E-state index contributed by atoms with van der Waals surface area (Å²) < 4.78 is 11.1. The van der Waals surface area contributed by atoms with Crippen molar-refractivity contribution in [1.82, 2.24) is 4.90 Å². The second-order valence-electron chi connectivity index (χ2n) is 7.49. The number of hydrogen-bond acceptors (Lipinski definition) is 4. The van der Waals surface area contributed by atoms with Crippen LogP contribution in [0.5, 0.6) is 5.75 Å². The van der Waals surface area contributed by atoms with Crippen molar-refractivity contribution in [3.63, 3.8) is 0 Å². The van der Waals surface area contributed by atoms with Gasteiger partial charge in [0.2, 0.25) is 11.7 Å². The van der Waals surface area contributed by atoms with Crippen molar-refractivity contribution in [3.05, 3.63) is 59.9 Å². The summed E-state index contributed by atoms with van der Waals surface area (Å²) in [5.41, 5.74) is 2.09. The van der Waals surface area contributed by atoms with Crippen LogP contribution in [0.4, 0.5) is 5.69 Å². The van der Waals surface area contributed by atoms with Gasteiger partial charge in [0.1, 0.15) is 17.0 Å². The summed E-state index contributed by atoms with van der Waals surface area (Å²) >= 11 is 0. The molecule has 0 unspecified atom stereocenters. The van der Waals surface area contributed by atoms with E-state index in [-0.39, 0.29) is 17.6 Å². The monoisotopic (exact) mass is 422 g/mol. The van der Waals surface area contributed by atoms with Crippen LogP contribution in [0.25, 0.3) is 11.0 Å². The van der Waals surface area contributed by atoms with Gasteiger partial charge in [-0.2, -0.15) is 0 Å². The predicted molar refractivity (Wildman–Crippen MR) is 123 cm³/mol. The van der Waals surface area contributed by atoms with E-state index >= 15 is 0 Å². The molecule has 0 aliphatic carbocycles. The van der Waals surface area contributed by atoms with Crippen LogP contribution >= 0.6 is 0 Å². The molecule has 0 saturated carbocycles. The third kappa shape index (κ3) is 5.45. The molecule has 164 valence electrons. The first-order valence-corrected chi connectivity index (χ1v) is 10.8. The topological polar surface area (TPSA) is 71.8 Å². The van der Waals surface area contributed by atoms with Gasteiger partial charge in [0.15, 0.2) is 0 Å². The number of rotatable bonds is 10. The summed E-state index contributed by atoms with van der Waals surface area (Å²) in [5.74, 6) is 0.630. The largest absolute Gasteiger partial charge is 0.497 e. The molecule has 2 aromatic carbocycles. The lowest BCUT2D eigenvalue weighted by molar-refractivity contribution is -0.116. The third-order valence-corrected chi connectivity index (χ3v) is 5.13. The summed E-state index contributed by atoms with van der Waals surface area (Å²) in [5, 5.41) is 3.67. The van der Waals surface area contributed by atoms with Crippen LogP contribution in [-0.2, 0) is 11.2 Å². The molecule has 0 saturated heterocycles. The van der Waals surface area contributed by atoms with Gasteiger partial charge in [0, 0.05) is 24.9 Å². The molecule has 0 aliphatic heterocycles. The first kappa shape index (κ1) is 22.4. The Labute approximate surface area is 183 Å². The molecule has 3 rings (SSSR count). The molecule has 1 N–H and O–H groups in total. The maximum Gasteiger partial charge on any atom is 0.291 e. The molecule has 0 atom stereocenters. The molecule has 1 heterocycles. The van der Waals surface area contributed by atoms with E-state index < -0.39 is 0 Å². The number of furan rings is 1. The fraction of sp³-hybridized carbons (Fsp3) is 0.360. The lowest BCUT2D eigenvalue weighted by Crippen LogP contribution is -2.32. The lowest BCUT2D eigenvalue weighted by Gasteiger charge is -2.20. The second-order valence-corrected chi connectivity index (χ2v) is 7.49. The summed E-state index contributed by atoms with van der Waals surface area (Å²) in [6.45, 7) is 5.37. The predicted octanol–water partition coefficient (Wildman–Crippen LogP) is 5.27. The maximum atomic E-state index is 13.2.